The average Bonchev–Trinajstić information content (AvgIpc) is 2.61. The van der Waals surface area contributed by atoms with Crippen molar-refractivity contribution in [2.45, 2.75) is 51.7 Å². The fraction of sp³-hybridized carbons (Fsp3) is 0.364. The Labute approximate surface area is 170 Å². The lowest BCUT2D eigenvalue weighted by Gasteiger charge is -2.31. The molecule has 29 heavy (non-hydrogen) atoms. The number of carbonyl (C=O) groups excluding carboxylic acids is 2. The zero-order chi connectivity index (χ0) is 20.8. The van der Waals surface area contributed by atoms with Crippen molar-refractivity contribution in [3.05, 3.63) is 47.5 Å². The van der Waals surface area contributed by atoms with Gasteiger partial charge in [-0.3, -0.25) is 9.59 Å². The van der Waals surface area contributed by atoms with Gasteiger partial charge in [0.15, 0.2) is 11.6 Å². The summed E-state index contributed by atoms with van der Waals surface area (Å²) in [5.41, 5.74) is -0.0293. The summed E-state index contributed by atoms with van der Waals surface area (Å²) in [5, 5.41) is 0. The van der Waals surface area contributed by atoms with Crippen molar-refractivity contribution in [2.75, 3.05) is 0 Å². The predicted octanol–water partition coefficient (Wildman–Crippen LogP) is 4.17. The number of fused-ring (bicyclic) bond motifs is 2. The molecule has 0 unspecified atom stereocenters. The van der Waals surface area contributed by atoms with E-state index >= 15 is 0 Å². The number of hydrogen-bond acceptors (Lipinski definition) is 6. The van der Waals surface area contributed by atoms with Crippen LogP contribution in [0.2, 0.25) is 0 Å². The molecule has 4 rings (SSSR count). The van der Waals surface area contributed by atoms with Crippen LogP contribution in [0.1, 0.15) is 61.3 Å². The molecule has 2 aromatic rings. The molecule has 0 bridgehead atoms. The van der Waals surface area contributed by atoms with Crippen molar-refractivity contribution < 1.29 is 28.4 Å². The summed E-state index contributed by atoms with van der Waals surface area (Å²) in [7, 11) is 1.17. The molecule has 2 aliphatic rings. The molecular weight excluding hydrogens is 371 g/mol. The summed E-state index contributed by atoms with van der Waals surface area (Å²) in [6.07, 6.45) is 0.622. The highest BCUT2D eigenvalue weighted by Crippen LogP contribution is 2.36. The molecule has 2 aliphatic heterocycles. The molecule has 7 heteroatoms. The van der Waals surface area contributed by atoms with Crippen molar-refractivity contribution in [2.24, 2.45) is 0 Å². The minimum atomic E-state index is -0.509. The second kappa shape index (κ2) is 6.83. The van der Waals surface area contributed by atoms with Crippen LogP contribution in [-0.2, 0) is 0 Å². The second-order valence-corrected chi connectivity index (χ2v) is 8.57. The van der Waals surface area contributed by atoms with Gasteiger partial charge in [0.05, 0.1) is 24.0 Å². The van der Waals surface area contributed by atoms with Crippen molar-refractivity contribution in [1.82, 2.24) is 0 Å². The third kappa shape index (κ3) is 4.09. The molecular formula is C22H22BO6. The first-order valence-corrected chi connectivity index (χ1v) is 9.49. The number of ketones is 2. The van der Waals surface area contributed by atoms with Crippen LogP contribution in [0, 0.1) is 0 Å². The highest BCUT2D eigenvalue weighted by molar-refractivity contribution is 6.21. The van der Waals surface area contributed by atoms with Crippen molar-refractivity contribution in [3.63, 3.8) is 0 Å². The SMILES string of the molecule is CC1(C)CC(=O)c2cc(O[B]Oc3ccc4c(c3)C(=O)CC(C)(C)O4)ccc2O1. The molecule has 149 valence electrons. The van der Waals surface area contributed by atoms with Crippen LogP contribution in [0.25, 0.3) is 0 Å². The number of carbonyl (C=O) groups is 2. The summed E-state index contributed by atoms with van der Waals surface area (Å²) in [6, 6.07) is 10.1. The van der Waals surface area contributed by atoms with Crippen molar-refractivity contribution >= 4 is 19.3 Å². The lowest BCUT2D eigenvalue weighted by atomic mass is 9.93. The Morgan fingerprint density at radius 1 is 0.759 bits per heavy atom. The molecule has 0 spiro atoms. The summed E-state index contributed by atoms with van der Waals surface area (Å²) >= 11 is 0. The smallest absolute Gasteiger partial charge is 0.526 e. The lowest BCUT2D eigenvalue weighted by Crippen LogP contribution is -2.35. The summed E-state index contributed by atoms with van der Waals surface area (Å²) < 4.78 is 22.7. The zero-order valence-corrected chi connectivity index (χ0v) is 16.9. The monoisotopic (exact) mass is 393 g/mol. The molecule has 0 atom stereocenters. The van der Waals surface area contributed by atoms with E-state index in [0.29, 0.717) is 47.0 Å². The van der Waals surface area contributed by atoms with Gasteiger partial charge in [-0.15, -0.1) is 0 Å². The third-order valence-electron chi connectivity index (χ3n) is 4.82. The van der Waals surface area contributed by atoms with E-state index in [0.717, 1.165) is 0 Å². The van der Waals surface area contributed by atoms with Gasteiger partial charge in [-0.25, -0.2) is 0 Å². The third-order valence-corrected chi connectivity index (χ3v) is 4.82. The summed E-state index contributed by atoms with van der Waals surface area (Å²) in [4.78, 5) is 24.7. The molecule has 0 amide bonds. The van der Waals surface area contributed by atoms with E-state index in [-0.39, 0.29) is 11.6 Å². The predicted molar refractivity (Wildman–Crippen MR) is 107 cm³/mol. The Kier molecular flexibility index (Phi) is 4.56. The molecule has 0 saturated carbocycles. The first-order chi connectivity index (χ1) is 13.6. The van der Waals surface area contributed by atoms with E-state index in [1.54, 1.807) is 36.4 Å². The first-order valence-electron chi connectivity index (χ1n) is 9.49. The van der Waals surface area contributed by atoms with Crippen molar-refractivity contribution in [1.29, 1.82) is 0 Å². The number of hydrogen-bond donors (Lipinski definition) is 0. The molecule has 0 aromatic heterocycles. The quantitative estimate of drug-likeness (QED) is 0.727. The van der Waals surface area contributed by atoms with Gasteiger partial charge < -0.3 is 18.8 Å². The zero-order valence-electron chi connectivity index (χ0n) is 16.9. The van der Waals surface area contributed by atoms with E-state index in [1.165, 1.54) is 7.69 Å². The van der Waals surface area contributed by atoms with Crippen LogP contribution in [0.3, 0.4) is 0 Å². The first kappa shape index (κ1) is 19.4. The molecule has 0 fully saturated rings. The van der Waals surface area contributed by atoms with Gasteiger partial charge in [-0.1, -0.05) is 0 Å². The molecule has 6 nitrogen and oxygen atoms in total. The summed E-state index contributed by atoms with van der Waals surface area (Å²) in [6.45, 7) is 7.54. The van der Waals surface area contributed by atoms with Crippen LogP contribution >= 0.6 is 0 Å². The lowest BCUT2D eigenvalue weighted by molar-refractivity contribution is 0.0607. The highest BCUT2D eigenvalue weighted by Gasteiger charge is 2.33. The largest absolute Gasteiger partial charge is 0.658 e. The second-order valence-electron chi connectivity index (χ2n) is 8.57. The van der Waals surface area contributed by atoms with Crippen LogP contribution in [0.4, 0.5) is 0 Å². The Balaban J connectivity index is 1.42. The topological polar surface area (TPSA) is 71.1 Å². The molecule has 0 aliphatic carbocycles. The van der Waals surface area contributed by atoms with Gasteiger partial charge in [-0.2, -0.15) is 0 Å². The molecule has 1 radical (unpaired) electrons. The van der Waals surface area contributed by atoms with Gasteiger partial charge in [0.2, 0.25) is 0 Å². The molecule has 0 saturated heterocycles. The maximum absolute atomic E-state index is 12.3. The van der Waals surface area contributed by atoms with Crippen LogP contribution in [0.15, 0.2) is 36.4 Å². The van der Waals surface area contributed by atoms with Gasteiger partial charge in [0.25, 0.3) is 0 Å². The van der Waals surface area contributed by atoms with E-state index in [2.05, 4.69) is 0 Å². The molecule has 2 heterocycles. The van der Waals surface area contributed by atoms with E-state index in [1.807, 2.05) is 27.7 Å². The maximum atomic E-state index is 12.3. The number of rotatable bonds is 4. The Morgan fingerprint density at radius 2 is 1.17 bits per heavy atom. The maximum Gasteiger partial charge on any atom is 0.658 e. The Morgan fingerprint density at radius 3 is 1.59 bits per heavy atom. The minimum absolute atomic E-state index is 0.0127. The van der Waals surface area contributed by atoms with E-state index in [4.69, 9.17) is 18.8 Å². The highest BCUT2D eigenvalue weighted by atomic mass is 16.6. The van der Waals surface area contributed by atoms with E-state index in [9.17, 15) is 9.59 Å². The Bertz CT molecular complexity index is 915. The van der Waals surface area contributed by atoms with Crippen LogP contribution in [0.5, 0.6) is 23.0 Å². The normalized spacial score (nSPS) is 18.6. The average molecular weight is 393 g/mol. The molecule has 2 aromatic carbocycles. The number of ether oxygens (including phenoxy) is 2. The van der Waals surface area contributed by atoms with Gasteiger partial charge >= 0.3 is 7.69 Å². The fourth-order valence-corrected chi connectivity index (χ4v) is 3.55. The standard InChI is InChI=1S/C22H22BO6/c1-21(2)11-17(24)15-9-13(5-7-19(15)26-21)28-23-29-14-6-8-20-16(10-14)18(25)12-22(3,4)27-20/h5-10H,11-12H2,1-4H3. The van der Waals surface area contributed by atoms with Gasteiger partial charge in [-0.05, 0) is 64.1 Å². The van der Waals surface area contributed by atoms with Crippen LogP contribution in [-0.4, -0.2) is 30.5 Å². The minimum Gasteiger partial charge on any atom is -0.526 e. The fourth-order valence-electron chi connectivity index (χ4n) is 3.55. The van der Waals surface area contributed by atoms with E-state index < -0.39 is 11.2 Å². The molecule has 0 N–H and O–H groups in total. The van der Waals surface area contributed by atoms with Crippen LogP contribution < -0.4 is 18.8 Å². The Hall–Kier alpha value is -2.96. The summed E-state index contributed by atoms with van der Waals surface area (Å²) in [5.74, 6) is 2.04. The number of benzene rings is 2. The van der Waals surface area contributed by atoms with Gasteiger partial charge in [0, 0.05) is 0 Å². The van der Waals surface area contributed by atoms with Gasteiger partial charge in [0.1, 0.15) is 34.2 Å². The van der Waals surface area contributed by atoms with Crippen molar-refractivity contribution in [3.8, 4) is 23.0 Å². The number of Topliss-reactive ketones (excluding diaryl/α,β-unsaturated/α-hetero) is 2.